The zero-order valence-electron chi connectivity index (χ0n) is 9.77. The molecule has 0 bridgehead atoms. The van der Waals surface area contributed by atoms with Gasteiger partial charge in [-0.3, -0.25) is 0 Å². The van der Waals surface area contributed by atoms with Crippen molar-refractivity contribution in [1.82, 2.24) is 0 Å². The van der Waals surface area contributed by atoms with E-state index < -0.39 is 8.07 Å². The Morgan fingerprint density at radius 2 is 0.938 bits per heavy atom. The van der Waals surface area contributed by atoms with Gasteiger partial charge < -0.3 is 0 Å². The summed E-state index contributed by atoms with van der Waals surface area (Å²) in [6, 6.07) is 21.7. The largest absolute Gasteiger partial charge is 0.112 e. The molecule has 0 atom stereocenters. The summed E-state index contributed by atoms with van der Waals surface area (Å²) in [5, 5.41) is 2.99. The molecule has 2 heteroatoms. The van der Waals surface area contributed by atoms with Crippen LogP contribution >= 0.6 is 0 Å². The zero-order valence-corrected chi connectivity index (χ0v) is 13.2. The van der Waals surface area contributed by atoms with Crippen molar-refractivity contribution in [3.05, 3.63) is 60.7 Å². The van der Waals surface area contributed by atoms with E-state index in [1.54, 1.807) is 0 Å². The monoisotopic (exact) mass is 302 g/mol. The molecule has 2 aromatic carbocycles. The van der Waals surface area contributed by atoms with Gasteiger partial charge in [0, 0.05) is 26.2 Å². The van der Waals surface area contributed by atoms with Gasteiger partial charge >= 0.3 is 0 Å². The van der Waals surface area contributed by atoms with Crippen molar-refractivity contribution < 1.29 is 26.2 Å². The second-order valence-corrected chi connectivity index (χ2v) is 8.76. The Bertz CT molecular complexity index is 382. The summed E-state index contributed by atoms with van der Waals surface area (Å²) < 4.78 is 0. The molecular formula is C14H16SiZr. The van der Waals surface area contributed by atoms with Crippen molar-refractivity contribution in [1.29, 1.82) is 0 Å². The third-order valence-electron chi connectivity index (χ3n) is 2.99. The van der Waals surface area contributed by atoms with Crippen LogP contribution in [0.25, 0.3) is 0 Å². The smallest absolute Gasteiger partial charge is 0.0626 e. The summed E-state index contributed by atoms with van der Waals surface area (Å²) in [5.41, 5.74) is 0. The normalized spacial score (nSPS) is 10.6. The van der Waals surface area contributed by atoms with Crippen LogP contribution in [0, 0.1) is 0 Å². The molecule has 0 aromatic heterocycles. The second-order valence-electron chi connectivity index (χ2n) is 4.36. The summed E-state index contributed by atoms with van der Waals surface area (Å²) in [4.78, 5) is 0. The second kappa shape index (κ2) is 5.75. The molecule has 0 N–H and O–H groups in total. The Labute approximate surface area is 118 Å². The van der Waals surface area contributed by atoms with Crippen LogP contribution < -0.4 is 10.4 Å². The molecule has 0 saturated carbocycles. The Morgan fingerprint density at radius 1 is 0.625 bits per heavy atom. The topological polar surface area (TPSA) is 0 Å². The van der Waals surface area contributed by atoms with E-state index >= 15 is 0 Å². The molecule has 0 aliphatic carbocycles. The van der Waals surface area contributed by atoms with E-state index in [9.17, 15) is 0 Å². The molecule has 0 radical (unpaired) electrons. The fraction of sp³-hybridized carbons (Fsp3) is 0.143. The minimum absolute atomic E-state index is 0. The molecule has 0 unspecified atom stereocenters. The maximum atomic E-state index is 2.40. The predicted octanol–water partition coefficient (Wildman–Crippen LogP) is 2.51. The molecule has 2 rings (SSSR count). The van der Waals surface area contributed by atoms with Crippen LogP contribution in [-0.2, 0) is 26.2 Å². The molecule has 16 heavy (non-hydrogen) atoms. The zero-order chi connectivity index (χ0) is 10.7. The summed E-state index contributed by atoms with van der Waals surface area (Å²) >= 11 is 0. The van der Waals surface area contributed by atoms with Crippen LogP contribution in [0.3, 0.4) is 0 Å². The van der Waals surface area contributed by atoms with Crippen LogP contribution in [0.5, 0.6) is 0 Å². The molecule has 0 spiro atoms. The number of hydrogen-bond acceptors (Lipinski definition) is 0. The standard InChI is InChI=1S/C14H16Si.Zr/c1-15(2,13-9-5-3-6-10-13)14-11-7-4-8-12-14;/h3-12H,1-2H3;. The maximum Gasteiger partial charge on any atom is 0.112 e. The van der Waals surface area contributed by atoms with E-state index in [-0.39, 0.29) is 26.2 Å². The van der Waals surface area contributed by atoms with Gasteiger partial charge in [0.1, 0.15) is 8.07 Å². The molecule has 2 aromatic rings. The van der Waals surface area contributed by atoms with Crippen LogP contribution in [0.1, 0.15) is 0 Å². The molecule has 0 fully saturated rings. The molecular weight excluding hydrogens is 287 g/mol. The van der Waals surface area contributed by atoms with Crippen molar-refractivity contribution in [2.24, 2.45) is 0 Å². The van der Waals surface area contributed by atoms with Crippen molar-refractivity contribution in [2.45, 2.75) is 13.1 Å². The van der Waals surface area contributed by atoms with Crippen LogP contribution in [0.15, 0.2) is 60.7 Å². The van der Waals surface area contributed by atoms with Gasteiger partial charge in [0.2, 0.25) is 0 Å². The predicted molar refractivity (Wildman–Crippen MR) is 69.6 cm³/mol. The molecule has 0 nitrogen and oxygen atoms in total. The van der Waals surface area contributed by atoms with Crippen molar-refractivity contribution >= 4 is 18.4 Å². The minimum Gasteiger partial charge on any atom is -0.0626 e. The third kappa shape index (κ3) is 2.81. The van der Waals surface area contributed by atoms with Gasteiger partial charge in [-0.05, 0) is 0 Å². The Kier molecular flexibility index (Phi) is 4.89. The SMILES string of the molecule is C[Si](C)(c1ccccc1)c1ccccc1.[Zr]. The molecule has 0 heterocycles. The van der Waals surface area contributed by atoms with Gasteiger partial charge in [0.05, 0.1) is 0 Å². The first-order valence-electron chi connectivity index (χ1n) is 5.32. The van der Waals surface area contributed by atoms with Gasteiger partial charge in [-0.2, -0.15) is 0 Å². The molecule has 0 amide bonds. The molecule has 0 aliphatic heterocycles. The number of rotatable bonds is 2. The molecule has 80 valence electrons. The van der Waals surface area contributed by atoms with E-state index in [0.29, 0.717) is 0 Å². The van der Waals surface area contributed by atoms with E-state index in [1.165, 1.54) is 10.4 Å². The fourth-order valence-corrected chi connectivity index (χ4v) is 4.26. The van der Waals surface area contributed by atoms with Gasteiger partial charge in [-0.1, -0.05) is 84.1 Å². The van der Waals surface area contributed by atoms with Crippen LogP contribution in [0.4, 0.5) is 0 Å². The molecule has 0 saturated heterocycles. The quantitative estimate of drug-likeness (QED) is 0.748. The number of hydrogen-bond donors (Lipinski definition) is 0. The summed E-state index contributed by atoms with van der Waals surface area (Å²) in [7, 11) is -1.46. The van der Waals surface area contributed by atoms with E-state index in [1.807, 2.05) is 0 Å². The average Bonchev–Trinajstić information content (AvgIpc) is 2.31. The van der Waals surface area contributed by atoms with Crippen molar-refractivity contribution in [3.8, 4) is 0 Å². The van der Waals surface area contributed by atoms with Gasteiger partial charge in [0.25, 0.3) is 0 Å². The Morgan fingerprint density at radius 3 is 1.25 bits per heavy atom. The van der Waals surface area contributed by atoms with Crippen molar-refractivity contribution in [3.63, 3.8) is 0 Å². The maximum absolute atomic E-state index is 2.40. The van der Waals surface area contributed by atoms with Gasteiger partial charge in [-0.15, -0.1) is 0 Å². The van der Waals surface area contributed by atoms with Crippen LogP contribution in [0.2, 0.25) is 13.1 Å². The first-order valence-corrected chi connectivity index (χ1v) is 8.32. The number of benzene rings is 2. The average molecular weight is 304 g/mol. The first-order chi connectivity index (χ1) is 7.21. The molecule has 0 aliphatic rings. The minimum atomic E-state index is -1.46. The summed E-state index contributed by atoms with van der Waals surface area (Å²) in [6.45, 7) is 4.80. The Hall–Kier alpha value is -0.460. The van der Waals surface area contributed by atoms with E-state index in [0.717, 1.165) is 0 Å². The third-order valence-corrected chi connectivity index (χ3v) is 6.54. The summed E-state index contributed by atoms with van der Waals surface area (Å²) in [5.74, 6) is 0. The van der Waals surface area contributed by atoms with Crippen LogP contribution in [-0.4, -0.2) is 8.07 Å². The van der Waals surface area contributed by atoms with E-state index in [4.69, 9.17) is 0 Å². The van der Waals surface area contributed by atoms with Gasteiger partial charge in [-0.25, -0.2) is 0 Å². The summed E-state index contributed by atoms with van der Waals surface area (Å²) in [6.07, 6.45) is 0. The first kappa shape index (κ1) is 13.6. The van der Waals surface area contributed by atoms with Gasteiger partial charge in [0.15, 0.2) is 0 Å². The fourth-order valence-electron chi connectivity index (χ4n) is 1.88. The van der Waals surface area contributed by atoms with Crippen molar-refractivity contribution in [2.75, 3.05) is 0 Å². The Balaban J connectivity index is 0.00000128. The van der Waals surface area contributed by atoms with E-state index in [2.05, 4.69) is 73.8 Å².